The van der Waals surface area contributed by atoms with E-state index < -0.39 is 5.54 Å². The van der Waals surface area contributed by atoms with Crippen molar-refractivity contribution in [2.45, 2.75) is 26.3 Å². The first-order valence-electron chi connectivity index (χ1n) is 5.74. The Morgan fingerprint density at radius 1 is 1.39 bits per heavy atom. The second kappa shape index (κ2) is 5.69. The Bertz CT molecular complexity index is 453. The van der Waals surface area contributed by atoms with Gasteiger partial charge in [0.2, 0.25) is 0 Å². The molecule has 1 aromatic rings. The maximum Gasteiger partial charge on any atom is 0.339 e. The first-order valence-corrected chi connectivity index (χ1v) is 5.74. The van der Waals surface area contributed by atoms with Crippen LogP contribution in [0.2, 0.25) is 0 Å². The van der Waals surface area contributed by atoms with Gasteiger partial charge in [0, 0.05) is 0 Å². The molecule has 0 aromatic heterocycles. The number of allylic oxidation sites excluding steroid dienone is 1. The third kappa shape index (κ3) is 3.60. The highest BCUT2D eigenvalue weighted by atomic mass is 16.6. The normalized spacial score (nSPS) is 10.9. The number of hydrogen-bond acceptors (Lipinski definition) is 2. The Morgan fingerprint density at radius 3 is 2.61 bits per heavy atom. The van der Waals surface area contributed by atoms with Crippen molar-refractivity contribution in [3.05, 3.63) is 42.0 Å². The monoisotopic (exact) mass is 248 g/mol. The SMILES string of the molecule is C=C(C)c1cccc(C(C)(C)NC(=O)NOC)c1. The van der Waals surface area contributed by atoms with Crippen LogP contribution in [0.1, 0.15) is 31.9 Å². The molecule has 0 atom stereocenters. The van der Waals surface area contributed by atoms with Gasteiger partial charge in [-0.05, 0) is 38.0 Å². The third-order valence-electron chi connectivity index (χ3n) is 2.70. The molecule has 1 rings (SSSR count). The zero-order valence-corrected chi connectivity index (χ0v) is 11.3. The van der Waals surface area contributed by atoms with E-state index >= 15 is 0 Å². The molecule has 0 radical (unpaired) electrons. The zero-order valence-electron chi connectivity index (χ0n) is 11.3. The van der Waals surface area contributed by atoms with Gasteiger partial charge in [0.1, 0.15) is 0 Å². The molecule has 18 heavy (non-hydrogen) atoms. The average Bonchev–Trinajstić information content (AvgIpc) is 2.28. The predicted molar refractivity (Wildman–Crippen MR) is 72.9 cm³/mol. The van der Waals surface area contributed by atoms with Crippen molar-refractivity contribution in [3.8, 4) is 0 Å². The molecule has 2 amide bonds. The molecule has 0 aliphatic rings. The summed E-state index contributed by atoms with van der Waals surface area (Å²) in [4.78, 5) is 16.1. The lowest BCUT2D eigenvalue weighted by atomic mass is 9.92. The molecule has 2 N–H and O–H groups in total. The van der Waals surface area contributed by atoms with Crippen LogP contribution in [0.15, 0.2) is 30.8 Å². The van der Waals surface area contributed by atoms with Crippen molar-refractivity contribution in [2.75, 3.05) is 7.11 Å². The van der Waals surface area contributed by atoms with Gasteiger partial charge in [0.15, 0.2) is 0 Å². The average molecular weight is 248 g/mol. The molecule has 0 saturated heterocycles. The topological polar surface area (TPSA) is 50.4 Å². The van der Waals surface area contributed by atoms with Crippen LogP contribution in [0.5, 0.6) is 0 Å². The van der Waals surface area contributed by atoms with Gasteiger partial charge in [-0.25, -0.2) is 10.3 Å². The van der Waals surface area contributed by atoms with Crippen molar-refractivity contribution < 1.29 is 9.63 Å². The molecule has 0 saturated carbocycles. The van der Waals surface area contributed by atoms with E-state index in [2.05, 4.69) is 22.2 Å². The predicted octanol–water partition coefficient (Wildman–Crippen LogP) is 2.82. The lowest BCUT2D eigenvalue weighted by molar-refractivity contribution is 0.103. The number of amides is 2. The van der Waals surface area contributed by atoms with Gasteiger partial charge in [-0.2, -0.15) is 0 Å². The maximum absolute atomic E-state index is 11.5. The summed E-state index contributed by atoms with van der Waals surface area (Å²) < 4.78 is 0. The second-order valence-electron chi connectivity index (χ2n) is 4.75. The minimum atomic E-state index is -0.492. The Kier molecular flexibility index (Phi) is 4.50. The first kappa shape index (κ1) is 14.3. The lowest BCUT2D eigenvalue weighted by Crippen LogP contribution is -2.46. The number of hydroxylamine groups is 1. The highest BCUT2D eigenvalue weighted by Gasteiger charge is 2.23. The van der Waals surface area contributed by atoms with E-state index in [9.17, 15) is 4.79 Å². The van der Waals surface area contributed by atoms with Gasteiger partial charge in [-0.15, -0.1) is 0 Å². The maximum atomic E-state index is 11.5. The van der Waals surface area contributed by atoms with Crippen LogP contribution in [-0.2, 0) is 10.4 Å². The van der Waals surface area contributed by atoms with Crippen LogP contribution < -0.4 is 10.8 Å². The smallest absolute Gasteiger partial charge is 0.327 e. The van der Waals surface area contributed by atoms with E-state index in [-0.39, 0.29) is 6.03 Å². The highest BCUT2D eigenvalue weighted by molar-refractivity contribution is 5.74. The Balaban J connectivity index is 2.93. The van der Waals surface area contributed by atoms with Crippen molar-refractivity contribution in [1.82, 2.24) is 10.8 Å². The fourth-order valence-corrected chi connectivity index (χ4v) is 1.65. The van der Waals surface area contributed by atoms with E-state index in [1.54, 1.807) is 0 Å². The van der Waals surface area contributed by atoms with Gasteiger partial charge >= 0.3 is 6.03 Å². The summed E-state index contributed by atoms with van der Waals surface area (Å²) in [6, 6.07) is 7.58. The summed E-state index contributed by atoms with van der Waals surface area (Å²) in [7, 11) is 1.40. The van der Waals surface area contributed by atoms with Crippen LogP contribution in [0.25, 0.3) is 5.57 Å². The van der Waals surface area contributed by atoms with E-state index in [0.29, 0.717) is 0 Å². The van der Waals surface area contributed by atoms with Gasteiger partial charge in [0.25, 0.3) is 0 Å². The summed E-state index contributed by atoms with van der Waals surface area (Å²) in [5.41, 5.74) is 4.82. The Hall–Kier alpha value is -1.81. The number of benzene rings is 1. The fraction of sp³-hybridized carbons (Fsp3) is 0.357. The zero-order chi connectivity index (χ0) is 13.8. The number of urea groups is 1. The molecule has 98 valence electrons. The molecule has 0 spiro atoms. The van der Waals surface area contributed by atoms with Gasteiger partial charge in [-0.3, -0.25) is 4.84 Å². The number of nitrogens with one attached hydrogen (secondary N) is 2. The fourth-order valence-electron chi connectivity index (χ4n) is 1.65. The van der Waals surface area contributed by atoms with Crippen molar-refractivity contribution in [2.24, 2.45) is 0 Å². The summed E-state index contributed by atoms with van der Waals surface area (Å²) in [6.45, 7) is 9.74. The van der Waals surface area contributed by atoms with E-state index in [1.165, 1.54) is 7.11 Å². The molecule has 0 aliphatic heterocycles. The van der Waals surface area contributed by atoms with Crippen LogP contribution in [-0.4, -0.2) is 13.1 Å². The number of carbonyl (C=O) groups excluding carboxylic acids is 1. The van der Waals surface area contributed by atoms with Gasteiger partial charge in [-0.1, -0.05) is 30.4 Å². The van der Waals surface area contributed by atoms with Crippen LogP contribution in [0.4, 0.5) is 4.79 Å². The molecule has 0 heterocycles. The van der Waals surface area contributed by atoms with Crippen molar-refractivity contribution in [1.29, 1.82) is 0 Å². The molecule has 0 fully saturated rings. The summed E-state index contributed by atoms with van der Waals surface area (Å²) >= 11 is 0. The third-order valence-corrected chi connectivity index (χ3v) is 2.70. The van der Waals surface area contributed by atoms with Crippen LogP contribution in [0.3, 0.4) is 0 Å². The molecule has 0 bridgehead atoms. The van der Waals surface area contributed by atoms with Crippen LogP contribution in [0, 0.1) is 0 Å². The molecule has 1 aromatic carbocycles. The minimum absolute atomic E-state index is 0.372. The summed E-state index contributed by atoms with van der Waals surface area (Å²) in [5, 5.41) is 2.83. The molecular formula is C14H20N2O2. The Morgan fingerprint density at radius 2 is 2.06 bits per heavy atom. The van der Waals surface area contributed by atoms with E-state index in [0.717, 1.165) is 16.7 Å². The standard InChI is InChI=1S/C14H20N2O2/c1-10(2)11-7-6-8-12(9-11)14(3,4)15-13(17)16-18-5/h6-9H,1H2,2-5H3,(H2,15,16,17). The van der Waals surface area contributed by atoms with E-state index in [4.69, 9.17) is 0 Å². The number of hydrogen-bond donors (Lipinski definition) is 2. The van der Waals surface area contributed by atoms with Crippen molar-refractivity contribution in [3.63, 3.8) is 0 Å². The van der Waals surface area contributed by atoms with Gasteiger partial charge < -0.3 is 5.32 Å². The van der Waals surface area contributed by atoms with Crippen LogP contribution >= 0.6 is 0 Å². The minimum Gasteiger partial charge on any atom is -0.327 e. The first-order chi connectivity index (χ1) is 8.36. The molecule has 4 heteroatoms. The van der Waals surface area contributed by atoms with E-state index in [1.807, 2.05) is 45.0 Å². The molecule has 4 nitrogen and oxygen atoms in total. The molecule has 0 unspecified atom stereocenters. The highest BCUT2D eigenvalue weighted by Crippen LogP contribution is 2.23. The van der Waals surface area contributed by atoms with Crippen molar-refractivity contribution >= 4 is 11.6 Å². The lowest BCUT2D eigenvalue weighted by Gasteiger charge is -2.27. The summed E-state index contributed by atoms with van der Waals surface area (Å²) in [5.74, 6) is 0. The largest absolute Gasteiger partial charge is 0.339 e. The quantitative estimate of drug-likeness (QED) is 0.805. The number of carbonyl (C=O) groups is 1. The second-order valence-corrected chi connectivity index (χ2v) is 4.75. The van der Waals surface area contributed by atoms with Gasteiger partial charge in [0.05, 0.1) is 12.6 Å². The molecular weight excluding hydrogens is 228 g/mol. The number of rotatable bonds is 4. The summed E-state index contributed by atoms with van der Waals surface area (Å²) in [6.07, 6.45) is 0. The Labute approximate surface area is 108 Å². The molecule has 0 aliphatic carbocycles.